The van der Waals surface area contributed by atoms with Crippen LogP contribution in [0.1, 0.15) is 29.4 Å². The molecular formula is C41H40N8O7S. The van der Waals surface area contributed by atoms with Gasteiger partial charge >= 0.3 is 12.2 Å². The van der Waals surface area contributed by atoms with Crippen molar-refractivity contribution in [3.63, 3.8) is 0 Å². The first-order chi connectivity index (χ1) is 27.8. The lowest BCUT2D eigenvalue weighted by Crippen LogP contribution is -2.53. The van der Waals surface area contributed by atoms with E-state index in [4.69, 9.17) is 13.9 Å². The van der Waals surface area contributed by atoms with Crippen LogP contribution in [0.15, 0.2) is 125 Å². The van der Waals surface area contributed by atoms with Crippen LogP contribution in [0.2, 0.25) is 0 Å². The minimum atomic E-state index is -1.11. The van der Waals surface area contributed by atoms with Gasteiger partial charge in [-0.3, -0.25) is 14.7 Å². The summed E-state index contributed by atoms with van der Waals surface area (Å²) in [5.41, 5.74) is 5.06. The molecule has 292 valence electrons. The Bertz CT molecular complexity index is 2240. The minimum Gasteiger partial charge on any atom is -0.465 e. The number of rotatable bonds is 14. The highest BCUT2D eigenvalue weighted by Crippen LogP contribution is 2.35. The molecule has 15 nitrogen and oxygen atoms in total. The van der Waals surface area contributed by atoms with Gasteiger partial charge in [-0.2, -0.15) is 0 Å². The highest BCUT2D eigenvalue weighted by atomic mass is 32.2. The number of amides is 3. The van der Waals surface area contributed by atoms with Crippen LogP contribution in [0, 0.1) is 0 Å². The van der Waals surface area contributed by atoms with Crippen LogP contribution in [0.3, 0.4) is 0 Å². The van der Waals surface area contributed by atoms with Crippen LogP contribution >= 0.6 is 11.8 Å². The summed E-state index contributed by atoms with van der Waals surface area (Å²) >= 11 is 1.26. The molecule has 0 aliphatic carbocycles. The number of aryl methyl sites for hydroxylation is 1. The van der Waals surface area contributed by atoms with Crippen molar-refractivity contribution >= 4 is 35.5 Å². The Hall–Kier alpha value is -6.52. The van der Waals surface area contributed by atoms with Crippen LogP contribution < -0.4 is 10.6 Å². The highest BCUT2D eigenvalue weighted by molar-refractivity contribution is 7.99. The number of morpholine rings is 1. The first-order valence-corrected chi connectivity index (χ1v) is 19.2. The normalized spacial score (nSPS) is 17.1. The average Bonchev–Trinajstić information content (AvgIpc) is 3.96. The predicted octanol–water partition coefficient (Wildman–Crippen LogP) is 6.64. The topological polar surface area (TPSA) is 198 Å². The number of carbonyl (C=O) groups is 3. The molecule has 0 bridgehead atoms. The van der Waals surface area contributed by atoms with Gasteiger partial charge in [0, 0.05) is 48.2 Å². The standard InChI is InChI=1S/C41H40N8O7S/c1-54-39(51)46-33(23-26-11-13-28(14-12-26)27-7-3-2-4-8-27)37(50)45-32-10-6-5-9-29(32)15-16-31-24-49(41(52)53)35(36-43-21-22-44-36)34(55-31)25-57-40-48-47-38(56-40)30-17-19-42-20-18-30/h2-14,17-22,31,33-35H,15-16,23-25H2,1H3,(H,43,44)(H,45,50)(H,46,51)(H,52,53)/t31-,33+,34?,35?/m1/s1. The molecule has 4 N–H and O–H groups in total. The predicted molar refractivity (Wildman–Crippen MR) is 211 cm³/mol. The zero-order valence-corrected chi connectivity index (χ0v) is 31.7. The molecule has 1 saturated heterocycles. The summed E-state index contributed by atoms with van der Waals surface area (Å²) in [6.45, 7) is 0.0946. The summed E-state index contributed by atoms with van der Waals surface area (Å²) in [7, 11) is 1.25. The number of imidazole rings is 1. The highest BCUT2D eigenvalue weighted by Gasteiger charge is 2.42. The van der Waals surface area contributed by atoms with Crippen LogP contribution in [-0.4, -0.2) is 90.9 Å². The quantitative estimate of drug-likeness (QED) is 0.0860. The van der Waals surface area contributed by atoms with E-state index in [0.29, 0.717) is 41.2 Å². The molecule has 3 amide bonds. The number of para-hydroxylation sites is 1. The number of ether oxygens (including phenoxy) is 2. The molecule has 4 atom stereocenters. The third-order valence-electron chi connectivity index (χ3n) is 9.51. The molecule has 6 aromatic rings. The van der Waals surface area contributed by atoms with Gasteiger partial charge in [0.25, 0.3) is 5.22 Å². The smallest absolute Gasteiger partial charge is 0.408 e. The first kappa shape index (κ1) is 38.7. The molecule has 0 saturated carbocycles. The summed E-state index contributed by atoms with van der Waals surface area (Å²) in [6.07, 6.45) is 4.64. The first-order valence-electron chi connectivity index (χ1n) is 18.2. The third kappa shape index (κ3) is 9.84. The van der Waals surface area contributed by atoms with E-state index >= 15 is 0 Å². The third-order valence-corrected chi connectivity index (χ3v) is 10.4. The Morgan fingerprint density at radius 1 is 0.947 bits per heavy atom. The van der Waals surface area contributed by atoms with E-state index in [9.17, 15) is 19.5 Å². The van der Waals surface area contributed by atoms with Gasteiger partial charge in [0.15, 0.2) is 0 Å². The number of thioether (sulfide) groups is 1. The van der Waals surface area contributed by atoms with Gasteiger partial charge in [-0.05, 0) is 53.3 Å². The number of nitrogens with zero attached hydrogens (tertiary/aromatic N) is 5. The second-order valence-corrected chi connectivity index (χ2v) is 14.2. The Morgan fingerprint density at radius 2 is 1.70 bits per heavy atom. The van der Waals surface area contributed by atoms with E-state index < -0.39 is 42.4 Å². The van der Waals surface area contributed by atoms with Crippen LogP contribution in [0.5, 0.6) is 0 Å². The van der Waals surface area contributed by atoms with E-state index in [2.05, 4.69) is 35.8 Å². The number of methoxy groups -OCH3 is 1. The van der Waals surface area contributed by atoms with E-state index in [-0.39, 0.29) is 13.0 Å². The van der Waals surface area contributed by atoms with Gasteiger partial charge in [-0.15, -0.1) is 10.2 Å². The number of carboxylic acid groups (broad SMARTS) is 1. The average molecular weight is 789 g/mol. The van der Waals surface area contributed by atoms with Crippen molar-refractivity contribution in [2.24, 2.45) is 0 Å². The number of nitrogens with one attached hydrogen (secondary N) is 3. The maximum Gasteiger partial charge on any atom is 0.408 e. The SMILES string of the molecule is COC(=O)N[C@@H](Cc1ccc(-c2ccccc2)cc1)C(=O)Nc1ccccc1CC[C@@H]1CN(C(=O)O)C(c2ncc[nH]2)C(CSc2nnc(-c3ccncc3)o2)O1. The van der Waals surface area contributed by atoms with Crippen LogP contribution in [0.25, 0.3) is 22.6 Å². The maximum absolute atomic E-state index is 13.8. The van der Waals surface area contributed by atoms with Crippen LogP contribution in [0.4, 0.5) is 15.3 Å². The lowest BCUT2D eigenvalue weighted by molar-refractivity contribution is -0.118. The number of pyridine rings is 1. The van der Waals surface area contributed by atoms with E-state index in [1.54, 1.807) is 43.0 Å². The molecule has 57 heavy (non-hydrogen) atoms. The number of aromatic nitrogens is 5. The molecule has 1 fully saturated rings. The maximum atomic E-state index is 13.8. The molecule has 4 heterocycles. The molecule has 1 aliphatic rings. The number of aromatic amines is 1. The van der Waals surface area contributed by atoms with Crippen molar-refractivity contribution in [3.8, 4) is 22.6 Å². The van der Waals surface area contributed by atoms with E-state index in [1.807, 2.05) is 72.8 Å². The van der Waals surface area contributed by atoms with Gasteiger partial charge in [0.1, 0.15) is 17.9 Å². The number of carbonyl (C=O) groups excluding carboxylic acids is 2. The number of H-pyrrole nitrogens is 1. The lowest BCUT2D eigenvalue weighted by Gasteiger charge is -2.42. The van der Waals surface area contributed by atoms with Crippen molar-refractivity contribution in [2.45, 2.75) is 48.8 Å². The zero-order valence-electron chi connectivity index (χ0n) is 30.9. The lowest BCUT2D eigenvalue weighted by atomic mass is 9.99. The molecular weight excluding hydrogens is 749 g/mol. The molecule has 16 heteroatoms. The van der Waals surface area contributed by atoms with Crippen molar-refractivity contribution in [1.82, 2.24) is 35.4 Å². The molecule has 7 rings (SSSR count). The van der Waals surface area contributed by atoms with E-state index in [1.165, 1.54) is 23.8 Å². The van der Waals surface area contributed by atoms with Gasteiger partial charge < -0.3 is 34.6 Å². The van der Waals surface area contributed by atoms with Gasteiger partial charge in [-0.25, -0.2) is 14.6 Å². The summed E-state index contributed by atoms with van der Waals surface area (Å²) in [4.78, 5) is 51.6. The Morgan fingerprint density at radius 3 is 2.44 bits per heavy atom. The Balaban J connectivity index is 1.03. The fourth-order valence-corrected chi connectivity index (χ4v) is 7.49. The molecule has 0 spiro atoms. The summed E-state index contributed by atoms with van der Waals surface area (Å²) in [5, 5.41) is 24.7. The molecule has 3 aromatic heterocycles. The molecule has 3 aromatic carbocycles. The monoisotopic (exact) mass is 788 g/mol. The van der Waals surface area contributed by atoms with Crippen molar-refractivity contribution in [2.75, 3.05) is 24.7 Å². The van der Waals surface area contributed by atoms with Gasteiger partial charge in [0.05, 0.1) is 25.9 Å². The second-order valence-electron chi connectivity index (χ2n) is 13.2. The minimum absolute atomic E-state index is 0.0946. The number of hydrogen-bond acceptors (Lipinski definition) is 11. The summed E-state index contributed by atoms with van der Waals surface area (Å²) in [6, 6.07) is 27.0. The van der Waals surface area contributed by atoms with Gasteiger partial charge in [-0.1, -0.05) is 84.6 Å². The second kappa shape index (κ2) is 18.4. The fourth-order valence-electron chi connectivity index (χ4n) is 6.69. The summed E-state index contributed by atoms with van der Waals surface area (Å²) in [5.74, 6) is 0.671. The Kier molecular flexibility index (Phi) is 12.5. The van der Waals surface area contributed by atoms with Crippen molar-refractivity contribution < 1.29 is 33.4 Å². The van der Waals surface area contributed by atoms with Crippen molar-refractivity contribution in [3.05, 3.63) is 133 Å². The molecule has 1 aliphatic heterocycles. The number of alkyl carbamates (subject to hydrolysis) is 1. The number of hydrogen-bond donors (Lipinski definition) is 4. The Labute approximate surface area is 332 Å². The molecule has 0 radical (unpaired) electrons. The molecule has 2 unspecified atom stereocenters. The van der Waals surface area contributed by atoms with E-state index in [0.717, 1.165) is 27.8 Å². The number of benzene rings is 3. The van der Waals surface area contributed by atoms with Gasteiger partial charge in [0.2, 0.25) is 11.8 Å². The number of anilines is 1. The zero-order chi connectivity index (χ0) is 39.6. The largest absolute Gasteiger partial charge is 0.465 e. The van der Waals surface area contributed by atoms with Crippen molar-refractivity contribution in [1.29, 1.82) is 0 Å². The fraction of sp³-hybridized carbons (Fsp3) is 0.244. The summed E-state index contributed by atoms with van der Waals surface area (Å²) < 4.78 is 17.3. The van der Waals surface area contributed by atoms with Crippen LogP contribution in [-0.2, 0) is 27.1 Å².